The molecule has 0 radical (unpaired) electrons. The summed E-state index contributed by atoms with van der Waals surface area (Å²) in [4.78, 5) is 2.46. The van der Waals surface area contributed by atoms with Crippen molar-refractivity contribution >= 4 is 0 Å². The molecule has 1 unspecified atom stereocenters. The SMILES string of the molecule is CCCC1CN(C)C(C)(C)CN1. The predicted molar refractivity (Wildman–Crippen MR) is 53.4 cm³/mol. The minimum absolute atomic E-state index is 0.338. The highest BCUT2D eigenvalue weighted by atomic mass is 15.2. The number of nitrogens with zero attached hydrogens (tertiary/aromatic N) is 1. The van der Waals surface area contributed by atoms with Crippen LogP contribution < -0.4 is 5.32 Å². The molecule has 1 heterocycles. The third kappa shape index (κ3) is 2.20. The van der Waals surface area contributed by atoms with Crippen molar-refractivity contribution in [1.29, 1.82) is 0 Å². The van der Waals surface area contributed by atoms with Crippen LogP contribution >= 0.6 is 0 Å². The van der Waals surface area contributed by atoms with Crippen LogP contribution in [0.15, 0.2) is 0 Å². The molecule has 1 rings (SSSR count). The van der Waals surface area contributed by atoms with Gasteiger partial charge < -0.3 is 5.32 Å². The summed E-state index contributed by atoms with van der Waals surface area (Å²) < 4.78 is 0. The van der Waals surface area contributed by atoms with Crippen molar-refractivity contribution < 1.29 is 0 Å². The highest BCUT2D eigenvalue weighted by Crippen LogP contribution is 2.17. The first-order valence-corrected chi connectivity index (χ1v) is 5.01. The number of nitrogens with one attached hydrogen (secondary N) is 1. The van der Waals surface area contributed by atoms with Crippen LogP contribution in [0.2, 0.25) is 0 Å². The van der Waals surface area contributed by atoms with Gasteiger partial charge in [0.25, 0.3) is 0 Å². The fourth-order valence-corrected chi connectivity index (χ4v) is 1.71. The summed E-state index contributed by atoms with van der Waals surface area (Å²) in [6.07, 6.45) is 2.59. The highest BCUT2D eigenvalue weighted by Gasteiger charge is 2.30. The number of piperazine rings is 1. The van der Waals surface area contributed by atoms with Gasteiger partial charge in [0.05, 0.1) is 0 Å². The number of likely N-dealkylation sites (N-methyl/N-ethyl adjacent to an activating group) is 1. The van der Waals surface area contributed by atoms with E-state index in [9.17, 15) is 0 Å². The van der Waals surface area contributed by atoms with Crippen LogP contribution in [0.1, 0.15) is 33.6 Å². The molecule has 2 heteroatoms. The molecular weight excluding hydrogens is 148 g/mol. The second-order valence-electron chi connectivity index (χ2n) is 4.56. The molecule has 0 spiro atoms. The monoisotopic (exact) mass is 170 g/mol. The van der Waals surface area contributed by atoms with Gasteiger partial charge in [-0.15, -0.1) is 0 Å². The van der Waals surface area contributed by atoms with Gasteiger partial charge in [0, 0.05) is 24.7 Å². The summed E-state index contributed by atoms with van der Waals surface area (Å²) in [6, 6.07) is 0.716. The molecular formula is C10H22N2. The van der Waals surface area contributed by atoms with E-state index in [0.717, 1.165) is 6.54 Å². The van der Waals surface area contributed by atoms with Gasteiger partial charge in [-0.05, 0) is 27.3 Å². The van der Waals surface area contributed by atoms with Crippen LogP contribution in [0.25, 0.3) is 0 Å². The quantitative estimate of drug-likeness (QED) is 0.675. The third-order valence-electron chi connectivity index (χ3n) is 2.99. The Morgan fingerprint density at radius 2 is 2.17 bits per heavy atom. The van der Waals surface area contributed by atoms with Crippen LogP contribution in [0.5, 0.6) is 0 Å². The summed E-state index contributed by atoms with van der Waals surface area (Å²) in [7, 11) is 2.23. The van der Waals surface area contributed by atoms with Crippen molar-refractivity contribution in [2.75, 3.05) is 20.1 Å². The molecule has 72 valence electrons. The topological polar surface area (TPSA) is 15.3 Å². The van der Waals surface area contributed by atoms with E-state index in [1.165, 1.54) is 19.4 Å². The Bertz CT molecular complexity index is 143. The van der Waals surface area contributed by atoms with Gasteiger partial charge in [-0.25, -0.2) is 0 Å². The lowest BCUT2D eigenvalue weighted by Crippen LogP contribution is -2.60. The van der Waals surface area contributed by atoms with Crippen molar-refractivity contribution in [1.82, 2.24) is 10.2 Å². The number of rotatable bonds is 2. The van der Waals surface area contributed by atoms with Crippen LogP contribution in [0.4, 0.5) is 0 Å². The van der Waals surface area contributed by atoms with Gasteiger partial charge in [-0.3, -0.25) is 4.90 Å². The van der Waals surface area contributed by atoms with Gasteiger partial charge in [0.2, 0.25) is 0 Å². The largest absolute Gasteiger partial charge is 0.311 e. The molecule has 0 bridgehead atoms. The van der Waals surface area contributed by atoms with E-state index in [0.29, 0.717) is 11.6 Å². The van der Waals surface area contributed by atoms with E-state index in [1.54, 1.807) is 0 Å². The van der Waals surface area contributed by atoms with Crippen molar-refractivity contribution in [3.05, 3.63) is 0 Å². The maximum atomic E-state index is 3.60. The summed E-state index contributed by atoms with van der Waals surface area (Å²) in [6.45, 7) is 9.15. The van der Waals surface area contributed by atoms with Crippen LogP contribution in [-0.4, -0.2) is 36.6 Å². The Balaban J connectivity index is 2.41. The van der Waals surface area contributed by atoms with Crippen molar-refractivity contribution in [3.8, 4) is 0 Å². The Morgan fingerprint density at radius 1 is 1.50 bits per heavy atom. The number of hydrogen-bond acceptors (Lipinski definition) is 2. The van der Waals surface area contributed by atoms with E-state index in [4.69, 9.17) is 0 Å². The average Bonchev–Trinajstić information content (AvgIpc) is 1.98. The molecule has 1 N–H and O–H groups in total. The fraction of sp³-hybridized carbons (Fsp3) is 1.00. The summed E-state index contributed by atoms with van der Waals surface area (Å²) in [5.74, 6) is 0. The fourth-order valence-electron chi connectivity index (χ4n) is 1.71. The van der Waals surface area contributed by atoms with Crippen LogP contribution in [0, 0.1) is 0 Å². The second-order valence-corrected chi connectivity index (χ2v) is 4.56. The molecule has 0 aromatic carbocycles. The van der Waals surface area contributed by atoms with Crippen molar-refractivity contribution in [2.24, 2.45) is 0 Å². The smallest absolute Gasteiger partial charge is 0.0275 e. The Morgan fingerprint density at radius 3 is 2.67 bits per heavy atom. The molecule has 1 saturated heterocycles. The second kappa shape index (κ2) is 3.75. The molecule has 0 saturated carbocycles. The first-order chi connectivity index (χ1) is 5.56. The average molecular weight is 170 g/mol. The molecule has 2 nitrogen and oxygen atoms in total. The summed E-state index contributed by atoms with van der Waals surface area (Å²) in [5, 5.41) is 3.60. The lowest BCUT2D eigenvalue weighted by atomic mass is 9.97. The maximum absolute atomic E-state index is 3.60. The summed E-state index contributed by atoms with van der Waals surface area (Å²) >= 11 is 0. The zero-order valence-electron chi connectivity index (χ0n) is 8.85. The first-order valence-electron chi connectivity index (χ1n) is 5.01. The van der Waals surface area contributed by atoms with Gasteiger partial charge in [0.1, 0.15) is 0 Å². The lowest BCUT2D eigenvalue weighted by Gasteiger charge is -2.44. The van der Waals surface area contributed by atoms with Gasteiger partial charge >= 0.3 is 0 Å². The normalized spacial score (nSPS) is 30.5. The molecule has 1 fully saturated rings. The Kier molecular flexibility index (Phi) is 3.13. The minimum Gasteiger partial charge on any atom is -0.311 e. The lowest BCUT2D eigenvalue weighted by molar-refractivity contribution is 0.0918. The third-order valence-corrected chi connectivity index (χ3v) is 2.99. The van der Waals surface area contributed by atoms with E-state index in [1.807, 2.05) is 0 Å². The van der Waals surface area contributed by atoms with Gasteiger partial charge in [-0.1, -0.05) is 13.3 Å². The minimum atomic E-state index is 0.338. The van der Waals surface area contributed by atoms with Gasteiger partial charge in [0.15, 0.2) is 0 Å². The molecule has 12 heavy (non-hydrogen) atoms. The van der Waals surface area contributed by atoms with Crippen LogP contribution in [0.3, 0.4) is 0 Å². The standard InChI is InChI=1S/C10H22N2/c1-5-6-9-7-12(4)10(2,3)8-11-9/h9,11H,5-8H2,1-4H3. The highest BCUT2D eigenvalue weighted by molar-refractivity contribution is 4.90. The summed E-state index contributed by atoms with van der Waals surface area (Å²) in [5.41, 5.74) is 0.338. The van der Waals surface area contributed by atoms with Gasteiger partial charge in [-0.2, -0.15) is 0 Å². The number of hydrogen-bond donors (Lipinski definition) is 1. The molecule has 0 amide bonds. The molecule has 1 aliphatic rings. The van der Waals surface area contributed by atoms with E-state index >= 15 is 0 Å². The van der Waals surface area contributed by atoms with Crippen molar-refractivity contribution in [3.63, 3.8) is 0 Å². The molecule has 0 aromatic rings. The predicted octanol–water partition coefficient (Wildman–Crippen LogP) is 1.47. The Labute approximate surface area is 76.3 Å². The first kappa shape index (κ1) is 10.0. The van der Waals surface area contributed by atoms with Crippen LogP contribution in [-0.2, 0) is 0 Å². The molecule has 1 atom stereocenters. The Hall–Kier alpha value is -0.0800. The zero-order valence-corrected chi connectivity index (χ0v) is 8.85. The van der Waals surface area contributed by atoms with E-state index in [2.05, 4.69) is 38.0 Å². The molecule has 0 aliphatic carbocycles. The molecule has 0 aromatic heterocycles. The van der Waals surface area contributed by atoms with E-state index < -0.39 is 0 Å². The zero-order chi connectivity index (χ0) is 9.19. The van der Waals surface area contributed by atoms with E-state index in [-0.39, 0.29) is 0 Å². The van der Waals surface area contributed by atoms with Crippen molar-refractivity contribution in [2.45, 2.75) is 45.2 Å². The maximum Gasteiger partial charge on any atom is 0.0275 e. The molecule has 1 aliphatic heterocycles.